The van der Waals surface area contributed by atoms with Crippen molar-refractivity contribution in [3.8, 4) is 5.75 Å². The Morgan fingerprint density at radius 2 is 1.76 bits per heavy atom. The van der Waals surface area contributed by atoms with Crippen LogP contribution in [-0.4, -0.2) is 36.9 Å². The molecule has 0 unspecified atom stereocenters. The number of fused-ring (bicyclic) bond motifs is 2. The molecule has 5 rings (SSSR count). The molecule has 176 valence electrons. The van der Waals surface area contributed by atoms with Crippen LogP contribution < -0.4 is 10.4 Å². The highest BCUT2D eigenvalue weighted by Crippen LogP contribution is 2.35. The SMILES string of the molecule is O=C(c1ccc(F)cc1)C1CCN(CCCCOc2c3occc3cc3ccc(=O)oc23)CC1. The lowest BCUT2D eigenvalue weighted by atomic mass is 9.89. The van der Waals surface area contributed by atoms with Crippen LogP contribution in [0.3, 0.4) is 0 Å². The van der Waals surface area contributed by atoms with Crippen molar-refractivity contribution < 1.29 is 22.8 Å². The topological polar surface area (TPSA) is 72.9 Å². The summed E-state index contributed by atoms with van der Waals surface area (Å²) in [7, 11) is 0. The van der Waals surface area contributed by atoms with Crippen molar-refractivity contribution in [3.63, 3.8) is 0 Å². The molecule has 1 saturated heterocycles. The smallest absolute Gasteiger partial charge is 0.336 e. The number of furan rings is 1. The number of ether oxygens (including phenoxy) is 1. The number of piperidine rings is 1. The van der Waals surface area contributed by atoms with E-state index >= 15 is 0 Å². The van der Waals surface area contributed by atoms with E-state index in [1.807, 2.05) is 12.1 Å². The Kier molecular flexibility index (Phi) is 6.45. The molecular weight excluding hydrogens is 437 g/mol. The van der Waals surface area contributed by atoms with Crippen molar-refractivity contribution in [3.05, 3.63) is 76.6 Å². The summed E-state index contributed by atoms with van der Waals surface area (Å²) in [5.74, 6) is 0.255. The van der Waals surface area contributed by atoms with Gasteiger partial charge in [-0.25, -0.2) is 9.18 Å². The molecule has 2 aromatic carbocycles. The molecule has 0 radical (unpaired) electrons. The van der Waals surface area contributed by atoms with E-state index in [4.69, 9.17) is 13.6 Å². The van der Waals surface area contributed by atoms with E-state index in [1.54, 1.807) is 24.5 Å². The van der Waals surface area contributed by atoms with Gasteiger partial charge in [-0.05, 0) is 87.8 Å². The molecule has 1 fully saturated rings. The molecule has 7 heteroatoms. The monoisotopic (exact) mass is 463 g/mol. The van der Waals surface area contributed by atoms with Crippen LogP contribution in [0, 0.1) is 11.7 Å². The molecule has 1 aliphatic heterocycles. The zero-order valence-corrected chi connectivity index (χ0v) is 18.8. The summed E-state index contributed by atoms with van der Waals surface area (Å²) < 4.78 is 30.1. The second kappa shape index (κ2) is 9.81. The van der Waals surface area contributed by atoms with E-state index in [-0.39, 0.29) is 17.5 Å². The number of hydrogen-bond acceptors (Lipinski definition) is 6. The number of carbonyl (C=O) groups is 1. The molecule has 0 saturated carbocycles. The van der Waals surface area contributed by atoms with Gasteiger partial charge in [0.15, 0.2) is 16.9 Å². The van der Waals surface area contributed by atoms with Crippen molar-refractivity contribution in [1.82, 2.24) is 4.90 Å². The van der Waals surface area contributed by atoms with E-state index in [0.717, 1.165) is 56.1 Å². The number of hydrogen-bond donors (Lipinski definition) is 0. The summed E-state index contributed by atoms with van der Waals surface area (Å²) in [5, 5.41) is 1.69. The number of nitrogens with zero attached hydrogens (tertiary/aromatic N) is 1. The summed E-state index contributed by atoms with van der Waals surface area (Å²) in [6.07, 6.45) is 5.02. The molecule has 2 aromatic heterocycles. The van der Waals surface area contributed by atoms with E-state index in [1.165, 1.54) is 18.2 Å². The molecule has 6 nitrogen and oxygen atoms in total. The van der Waals surface area contributed by atoms with Crippen molar-refractivity contribution in [2.24, 2.45) is 5.92 Å². The minimum atomic E-state index is -0.426. The summed E-state index contributed by atoms with van der Waals surface area (Å²) in [6, 6.07) is 12.7. The largest absolute Gasteiger partial charge is 0.486 e. The van der Waals surface area contributed by atoms with Crippen LogP contribution in [0.1, 0.15) is 36.0 Å². The van der Waals surface area contributed by atoms with Gasteiger partial charge in [0, 0.05) is 28.3 Å². The number of halogens is 1. The number of rotatable bonds is 8. The van der Waals surface area contributed by atoms with Crippen LogP contribution >= 0.6 is 0 Å². The fourth-order valence-corrected chi connectivity index (χ4v) is 4.62. The van der Waals surface area contributed by atoms with Crippen LogP contribution in [0.15, 0.2) is 68.4 Å². The van der Waals surface area contributed by atoms with E-state index in [9.17, 15) is 14.0 Å². The molecule has 34 heavy (non-hydrogen) atoms. The van der Waals surface area contributed by atoms with Crippen LogP contribution in [0.5, 0.6) is 5.75 Å². The van der Waals surface area contributed by atoms with Crippen molar-refractivity contribution in [2.75, 3.05) is 26.2 Å². The van der Waals surface area contributed by atoms with E-state index in [2.05, 4.69) is 4.90 Å². The second-order valence-corrected chi connectivity index (χ2v) is 8.76. The van der Waals surface area contributed by atoms with Gasteiger partial charge in [-0.15, -0.1) is 0 Å². The number of unbranched alkanes of at least 4 members (excludes halogenated alkanes) is 1. The van der Waals surface area contributed by atoms with Gasteiger partial charge >= 0.3 is 5.63 Å². The van der Waals surface area contributed by atoms with Gasteiger partial charge in [0.25, 0.3) is 0 Å². The number of likely N-dealkylation sites (tertiary alicyclic amines) is 1. The molecule has 0 atom stereocenters. The third kappa shape index (κ3) is 4.75. The lowest BCUT2D eigenvalue weighted by Crippen LogP contribution is -2.37. The molecule has 0 amide bonds. The first-order chi connectivity index (χ1) is 16.6. The van der Waals surface area contributed by atoms with Gasteiger partial charge < -0.3 is 18.5 Å². The second-order valence-electron chi connectivity index (χ2n) is 8.76. The highest BCUT2D eigenvalue weighted by atomic mass is 19.1. The minimum absolute atomic E-state index is 0.00164. The first-order valence-electron chi connectivity index (χ1n) is 11.7. The fourth-order valence-electron chi connectivity index (χ4n) is 4.62. The molecule has 0 aliphatic carbocycles. The molecule has 4 aromatic rings. The quantitative estimate of drug-likeness (QED) is 0.197. The fraction of sp³-hybridized carbons (Fsp3) is 0.333. The van der Waals surface area contributed by atoms with Crippen LogP contribution in [0.2, 0.25) is 0 Å². The lowest BCUT2D eigenvalue weighted by Gasteiger charge is -2.31. The van der Waals surface area contributed by atoms with E-state index < -0.39 is 5.63 Å². The Labute approximate surface area is 195 Å². The molecule has 1 aliphatic rings. The van der Waals surface area contributed by atoms with Gasteiger partial charge in [0.2, 0.25) is 5.75 Å². The maximum absolute atomic E-state index is 13.1. The molecule has 0 spiro atoms. The maximum Gasteiger partial charge on any atom is 0.336 e. The minimum Gasteiger partial charge on any atom is -0.486 e. The van der Waals surface area contributed by atoms with Crippen molar-refractivity contribution in [1.29, 1.82) is 0 Å². The van der Waals surface area contributed by atoms with Gasteiger partial charge in [-0.3, -0.25) is 4.79 Å². The number of ketones is 1. The van der Waals surface area contributed by atoms with Crippen molar-refractivity contribution >= 4 is 27.7 Å². The Morgan fingerprint density at radius 1 is 1.00 bits per heavy atom. The van der Waals surface area contributed by atoms with Crippen molar-refractivity contribution in [2.45, 2.75) is 25.7 Å². The van der Waals surface area contributed by atoms with E-state index in [0.29, 0.717) is 29.1 Å². The predicted molar refractivity (Wildman–Crippen MR) is 127 cm³/mol. The highest BCUT2D eigenvalue weighted by Gasteiger charge is 2.25. The Balaban J connectivity index is 1.11. The third-order valence-corrected chi connectivity index (χ3v) is 6.49. The highest BCUT2D eigenvalue weighted by molar-refractivity contribution is 6.00. The Bertz CT molecular complexity index is 1350. The van der Waals surface area contributed by atoms with Gasteiger partial charge in [0.1, 0.15) is 5.82 Å². The maximum atomic E-state index is 13.1. The summed E-state index contributed by atoms with van der Waals surface area (Å²) in [5.41, 5.74) is 1.15. The first-order valence-corrected chi connectivity index (χ1v) is 11.7. The zero-order chi connectivity index (χ0) is 23.5. The summed E-state index contributed by atoms with van der Waals surface area (Å²) in [4.78, 5) is 26.7. The molecule has 0 bridgehead atoms. The normalized spacial score (nSPS) is 15.2. The van der Waals surface area contributed by atoms with Crippen LogP contribution in [0.4, 0.5) is 4.39 Å². The molecule has 0 N–H and O–H groups in total. The number of carbonyl (C=O) groups excluding carboxylic acids is 1. The lowest BCUT2D eigenvalue weighted by molar-refractivity contribution is 0.0838. The van der Waals surface area contributed by atoms with Crippen LogP contribution in [0.25, 0.3) is 21.9 Å². The Morgan fingerprint density at radius 3 is 2.56 bits per heavy atom. The average molecular weight is 464 g/mol. The zero-order valence-electron chi connectivity index (χ0n) is 18.8. The Hall–Kier alpha value is -3.45. The number of Topliss-reactive ketones (excluding diaryl/α,β-unsaturated/α-hetero) is 1. The summed E-state index contributed by atoms with van der Waals surface area (Å²) in [6.45, 7) is 3.16. The van der Waals surface area contributed by atoms with Gasteiger partial charge in [-0.1, -0.05) is 0 Å². The van der Waals surface area contributed by atoms with Gasteiger partial charge in [-0.2, -0.15) is 0 Å². The average Bonchev–Trinajstić information content (AvgIpc) is 3.32. The predicted octanol–water partition coefficient (Wildman–Crippen LogP) is 5.43. The standard InChI is InChI=1S/C27H26FNO5/c28-22-6-3-18(4-7-22)24(31)19-9-13-29(14-10-19)12-1-2-15-32-27-25-21(11-16-33-25)17-20-5-8-23(30)34-26(20)27/h3-8,11,16-17,19H,1-2,9-10,12-15H2. The summed E-state index contributed by atoms with van der Waals surface area (Å²) >= 11 is 0. The molecule has 3 heterocycles. The van der Waals surface area contributed by atoms with Crippen LogP contribution in [-0.2, 0) is 0 Å². The number of benzene rings is 2. The third-order valence-electron chi connectivity index (χ3n) is 6.49. The molecular formula is C27H26FNO5. The van der Waals surface area contributed by atoms with Gasteiger partial charge in [0.05, 0.1) is 12.9 Å². The first kappa shape index (κ1) is 22.3.